The van der Waals surface area contributed by atoms with Crippen LogP contribution in [0.15, 0.2) is 62.4 Å². The van der Waals surface area contributed by atoms with E-state index in [0.29, 0.717) is 22.6 Å². The molecule has 0 unspecified atom stereocenters. The van der Waals surface area contributed by atoms with E-state index >= 15 is 0 Å². The quantitative estimate of drug-likeness (QED) is 0.188. The van der Waals surface area contributed by atoms with Gasteiger partial charge in [-0.3, -0.25) is 4.99 Å². The molecular weight excluding hydrogens is 662 g/mol. The van der Waals surface area contributed by atoms with Crippen LogP contribution in [0.1, 0.15) is 5.56 Å². The number of fused-ring (bicyclic) bond motifs is 1. The Morgan fingerprint density at radius 2 is 1.97 bits per heavy atom. The van der Waals surface area contributed by atoms with Gasteiger partial charge in [-0.2, -0.15) is 0 Å². The van der Waals surface area contributed by atoms with Gasteiger partial charge in [0.05, 0.1) is 20.8 Å². The van der Waals surface area contributed by atoms with Crippen LogP contribution in [0.2, 0.25) is 0 Å². The highest BCUT2D eigenvalue weighted by Crippen LogP contribution is 2.33. The second kappa shape index (κ2) is 8.60. The average molecular weight is 675 g/mol. The van der Waals surface area contributed by atoms with Crippen molar-refractivity contribution in [1.82, 2.24) is 4.98 Å². The number of phenolic OH excluding ortho intramolecular Hbond substituents is 1. The minimum atomic E-state index is 0.227. The highest BCUT2D eigenvalue weighted by molar-refractivity contribution is 14.1. The molecule has 0 spiro atoms. The zero-order valence-electron chi connectivity index (χ0n) is 15.0. The smallest absolute Gasteiger partial charge is 0.227 e. The van der Waals surface area contributed by atoms with Crippen LogP contribution in [0.5, 0.6) is 11.5 Å². The van der Waals surface area contributed by atoms with Crippen LogP contribution in [-0.4, -0.2) is 23.4 Å². The van der Waals surface area contributed by atoms with Gasteiger partial charge in [-0.15, -0.1) is 0 Å². The number of phenols is 1. The molecule has 8 heteroatoms. The predicted octanol–water partition coefficient (Wildman–Crippen LogP) is 6.93. The van der Waals surface area contributed by atoms with E-state index in [1.54, 1.807) is 13.3 Å². The van der Waals surface area contributed by atoms with E-state index in [0.717, 1.165) is 28.6 Å². The van der Waals surface area contributed by atoms with Crippen LogP contribution in [-0.2, 0) is 0 Å². The SMILES string of the molecule is COc1ccc(-c2nc3cc(N=Cc4cc(I)cc(I)c4O)ccc3o2)cc1Br. The molecule has 0 fully saturated rings. The van der Waals surface area contributed by atoms with Crippen LogP contribution in [0.4, 0.5) is 5.69 Å². The average Bonchev–Trinajstić information content (AvgIpc) is 3.13. The van der Waals surface area contributed by atoms with E-state index in [-0.39, 0.29) is 5.75 Å². The number of nitrogens with zero attached hydrogens (tertiary/aromatic N) is 2. The van der Waals surface area contributed by atoms with Crippen LogP contribution in [0.25, 0.3) is 22.6 Å². The number of oxazole rings is 1. The molecule has 0 saturated carbocycles. The first kappa shape index (κ1) is 20.6. The van der Waals surface area contributed by atoms with E-state index in [4.69, 9.17) is 9.15 Å². The second-order valence-corrected chi connectivity index (χ2v) is 9.37. The Bertz CT molecular complexity index is 1250. The summed E-state index contributed by atoms with van der Waals surface area (Å²) in [5.74, 6) is 1.49. The Kier molecular flexibility index (Phi) is 6.11. The summed E-state index contributed by atoms with van der Waals surface area (Å²) >= 11 is 7.81. The molecule has 1 N–H and O–H groups in total. The number of aliphatic imine (C=N–C) groups is 1. The van der Waals surface area contributed by atoms with Crippen molar-refractivity contribution in [3.63, 3.8) is 0 Å². The molecule has 0 aliphatic carbocycles. The minimum Gasteiger partial charge on any atom is -0.506 e. The van der Waals surface area contributed by atoms with E-state index in [9.17, 15) is 5.11 Å². The lowest BCUT2D eigenvalue weighted by Crippen LogP contribution is -1.87. The molecule has 0 bridgehead atoms. The maximum atomic E-state index is 10.2. The summed E-state index contributed by atoms with van der Waals surface area (Å²) in [6, 6.07) is 15.0. The topological polar surface area (TPSA) is 67.9 Å². The lowest BCUT2D eigenvalue weighted by Gasteiger charge is -2.03. The Hall–Kier alpha value is -1.66. The van der Waals surface area contributed by atoms with Gasteiger partial charge in [0.2, 0.25) is 5.89 Å². The summed E-state index contributed by atoms with van der Waals surface area (Å²) in [4.78, 5) is 9.08. The molecule has 5 nitrogen and oxygen atoms in total. The Balaban J connectivity index is 1.66. The predicted molar refractivity (Wildman–Crippen MR) is 134 cm³/mol. The minimum absolute atomic E-state index is 0.227. The maximum Gasteiger partial charge on any atom is 0.227 e. The third-order valence-corrected chi connectivity index (χ3v) is 6.25. The van der Waals surface area contributed by atoms with Crippen LogP contribution in [0, 0.1) is 7.14 Å². The zero-order chi connectivity index (χ0) is 20.5. The van der Waals surface area contributed by atoms with Crippen molar-refractivity contribution >= 4 is 84.1 Å². The van der Waals surface area contributed by atoms with Crippen molar-refractivity contribution < 1.29 is 14.3 Å². The molecule has 4 aromatic rings. The fourth-order valence-electron chi connectivity index (χ4n) is 2.75. The van der Waals surface area contributed by atoms with Crippen LogP contribution < -0.4 is 4.74 Å². The standard InChI is InChI=1S/C21H13BrI2N2O3/c1-28-18-4-2-11(7-15(18)22)21-26-17-9-14(3-5-19(17)29-21)25-10-12-6-13(23)8-16(24)20(12)27/h2-10,27H,1H3. The number of methoxy groups -OCH3 is 1. The second-order valence-electron chi connectivity index (χ2n) is 6.10. The summed E-state index contributed by atoms with van der Waals surface area (Å²) in [5.41, 5.74) is 3.63. The summed E-state index contributed by atoms with van der Waals surface area (Å²) in [6.07, 6.45) is 1.66. The van der Waals surface area contributed by atoms with Crippen molar-refractivity contribution in [1.29, 1.82) is 0 Å². The van der Waals surface area contributed by atoms with Gasteiger partial charge < -0.3 is 14.3 Å². The van der Waals surface area contributed by atoms with Crippen molar-refractivity contribution in [2.45, 2.75) is 0 Å². The molecule has 0 atom stereocenters. The number of ether oxygens (including phenoxy) is 1. The van der Waals surface area contributed by atoms with Gasteiger partial charge in [-0.1, -0.05) is 0 Å². The molecule has 3 aromatic carbocycles. The summed E-state index contributed by atoms with van der Waals surface area (Å²) in [7, 11) is 1.62. The van der Waals surface area contributed by atoms with Crippen LogP contribution >= 0.6 is 61.1 Å². The number of benzene rings is 3. The van der Waals surface area contributed by atoms with Gasteiger partial charge in [0.1, 0.15) is 17.0 Å². The third-order valence-electron chi connectivity index (χ3n) is 4.18. The number of halogens is 3. The number of rotatable bonds is 4. The molecule has 0 aliphatic heterocycles. The highest BCUT2D eigenvalue weighted by Gasteiger charge is 2.11. The number of aromatic nitrogens is 1. The molecule has 4 rings (SSSR count). The molecule has 1 aromatic heterocycles. The normalized spacial score (nSPS) is 11.4. The Morgan fingerprint density at radius 1 is 1.14 bits per heavy atom. The monoisotopic (exact) mass is 674 g/mol. The Labute approximate surface area is 202 Å². The Morgan fingerprint density at radius 3 is 2.72 bits per heavy atom. The molecule has 1 heterocycles. The van der Waals surface area contributed by atoms with Crippen molar-refractivity contribution in [2.24, 2.45) is 4.99 Å². The molecule has 0 amide bonds. The molecule has 146 valence electrons. The fraction of sp³-hybridized carbons (Fsp3) is 0.0476. The first-order valence-electron chi connectivity index (χ1n) is 8.41. The number of hydrogen-bond acceptors (Lipinski definition) is 5. The largest absolute Gasteiger partial charge is 0.506 e. The van der Waals surface area contributed by atoms with Gasteiger partial charge in [0, 0.05) is 20.9 Å². The van der Waals surface area contributed by atoms with Gasteiger partial charge >= 0.3 is 0 Å². The van der Waals surface area contributed by atoms with Gasteiger partial charge in [0.25, 0.3) is 0 Å². The molecule has 29 heavy (non-hydrogen) atoms. The van der Waals surface area contributed by atoms with Crippen molar-refractivity contribution in [3.05, 3.63) is 65.7 Å². The van der Waals surface area contributed by atoms with Crippen molar-refractivity contribution in [3.8, 4) is 23.0 Å². The first-order chi connectivity index (χ1) is 13.9. The van der Waals surface area contributed by atoms with Gasteiger partial charge in [-0.25, -0.2) is 4.98 Å². The van der Waals surface area contributed by atoms with E-state index < -0.39 is 0 Å². The molecule has 0 aliphatic rings. The molecule has 0 radical (unpaired) electrons. The van der Waals surface area contributed by atoms with E-state index in [1.165, 1.54) is 0 Å². The summed E-state index contributed by atoms with van der Waals surface area (Å²) < 4.78 is 13.8. The third kappa shape index (κ3) is 4.43. The van der Waals surface area contributed by atoms with Crippen LogP contribution in [0.3, 0.4) is 0 Å². The first-order valence-corrected chi connectivity index (χ1v) is 11.4. The van der Waals surface area contributed by atoms with Gasteiger partial charge in [0.15, 0.2) is 5.58 Å². The van der Waals surface area contributed by atoms with Crippen molar-refractivity contribution in [2.75, 3.05) is 7.11 Å². The van der Waals surface area contributed by atoms with E-state index in [2.05, 4.69) is 71.1 Å². The van der Waals surface area contributed by atoms with E-state index in [1.807, 2.05) is 48.5 Å². The lowest BCUT2D eigenvalue weighted by atomic mass is 10.2. The van der Waals surface area contributed by atoms with Gasteiger partial charge in [-0.05, 0) is 110 Å². The fourth-order valence-corrected chi connectivity index (χ4v) is 5.18. The summed E-state index contributed by atoms with van der Waals surface area (Å²) in [5, 5.41) is 10.2. The highest BCUT2D eigenvalue weighted by atomic mass is 127. The number of hydrogen-bond donors (Lipinski definition) is 1. The molecular formula is C21H13BrI2N2O3. The summed E-state index contributed by atoms with van der Waals surface area (Å²) in [6.45, 7) is 0. The zero-order valence-corrected chi connectivity index (χ0v) is 20.9. The molecule has 0 saturated heterocycles. The number of aromatic hydroxyl groups is 1. The maximum absolute atomic E-state index is 10.2. The lowest BCUT2D eigenvalue weighted by molar-refractivity contribution is 0.412.